The summed E-state index contributed by atoms with van der Waals surface area (Å²) < 4.78 is 17.0. The van der Waals surface area contributed by atoms with Gasteiger partial charge in [0.05, 0.1) is 20.6 Å². The summed E-state index contributed by atoms with van der Waals surface area (Å²) in [5, 5.41) is 1.17. The van der Waals surface area contributed by atoms with Gasteiger partial charge in [0, 0.05) is 38.0 Å². The number of hydrogen-bond acceptors (Lipinski definition) is 5. The maximum atomic E-state index is 13.2. The Morgan fingerprint density at radius 1 is 1.00 bits per heavy atom. The van der Waals surface area contributed by atoms with E-state index < -0.39 is 0 Å². The zero-order chi connectivity index (χ0) is 24.2. The van der Waals surface area contributed by atoms with Crippen LogP contribution in [0.4, 0.5) is 0 Å². The number of nitrogens with zero attached hydrogens (tertiary/aromatic N) is 2. The lowest BCUT2D eigenvalue weighted by Crippen LogP contribution is -2.40. The number of fused-ring (bicyclic) bond motifs is 2. The molecule has 2 aromatic carbocycles. The van der Waals surface area contributed by atoms with Crippen molar-refractivity contribution in [3.8, 4) is 11.5 Å². The summed E-state index contributed by atoms with van der Waals surface area (Å²) in [6.07, 6.45) is 5.82. The smallest absolute Gasteiger partial charge is 0.227 e. The standard InChI is InChI=1S/C29H36N2O4/c1-33-27-16-22-10-14-31(29(32)18-24(22)17-28(27)34-2)20-21-7-5-6-12-30(19-21)13-11-25-15-23-8-3-4-9-26(23)35-25/h3-4,8-9,15-17,21H,5-7,10-14,18-20H2,1-2H3. The summed E-state index contributed by atoms with van der Waals surface area (Å²) in [4.78, 5) is 17.9. The van der Waals surface area contributed by atoms with Gasteiger partial charge >= 0.3 is 0 Å². The first-order valence-corrected chi connectivity index (χ1v) is 12.8. The van der Waals surface area contributed by atoms with E-state index in [9.17, 15) is 4.79 Å². The molecule has 2 aliphatic heterocycles. The fraction of sp³-hybridized carbons (Fsp3) is 0.483. The molecular formula is C29H36N2O4. The molecule has 0 aliphatic carbocycles. The average molecular weight is 477 g/mol. The Hall–Kier alpha value is -2.99. The Labute approximate surface area is 207 Å². The number of amides is 1. The first-order chi connectivity index (χ1) is 17.1. The predicted octanol–water partition coefficient (Wildman–Crippen LogP) is 4.72. The van der Waals surface area contributed by atoms with E-state index in [1.807, 2.05) is 24.3 Å². The van der Waals surface area contributed by atoms with E-state index >= 15 is 0 Å². The molecule has 3 heterocycles. The van der Waals surface area contributed by atoms with Crippen LogP contribution in [0.1, 0.15) is 36.1 Å². The van der Waals surface area contributed by atoms with Gasteiger partial charge in [-0.2, -0.15) is 0 Å². The van der Waals surface area contributed by atoms with E-state index in [0.29, 0.717) is 18.1 Å². The second-order valence-electron chi connectivity index (χ2n) is 9.91. The van der Waals surface area contributed by atoms with E-state index in [2.05, 4.69) is 28.0 Å². The number of para-hydroxylation sites is 1. The van der Waals surface area contributed by atoms with E-state index in [4.69, 9.17) is 13.9 Å². The van der Waals surface area contributed by atoms with E-state index in [1.54, 1.807) is 14.2 Å². The summed E-state index contributed by atoms with van der Waals surface area (Å²) >= 11 is 0. The molecule has 2 aliphatic rings. The molecule has 1 aromatic heterocycles. The van der Waals surface area contributed by atoms with Crippen molar-refractivity contribution < 1.29 is 18.7 Å². The molecule has 1 saturated heterocycles. The first kappa shape index (κ1) is 23.7. The van der Waals surface area contributed by atoms with Crippen molar-refractivity contribution in [2.24, 2.45) is 5.92 Å². The zero-order valence-corrected chi connectivity index (χ0v) is 20.9. The van der Waals surface area contributed by atoms with Crippen LogP contribution in [0.3, 0.4) is 0 Å². The lowest BCUT2D eigenvalue weighted by atomic mass is 10.0. The number of furan rings is 1. The second-order valence-corrected chi connectivity index (χ2v) is 9.91. The minimum atomic E-state index is 0.217. The summed E-state index contributed by atoms with van der Waals surface area (Å²) in [5.74, 6) is 3.20. The number of carbonyl (C=O) groups is 1. The van der Waals surface area contributed by atoms with Gasteiger partial charge in [-0.25, -0.2) is 0 Å². The topological polar surface area (TPSA) is 55.2 Å². The summed E-state index contributed by atoms with van der Waals surface area (Å²) in [7, 11) is 3.30. The largest absolute Gasteiger partial charge is 0.493 e. The number of benzene rings is 2. The second kappa shape index (κ2) is 10.7. The highest BCUT2D eigenvalue weighted by Gasteiger charge is 2.27. The number of rotatable bonds is 7. The molecule has 5 rings (SSSR count). The maximum absolute atomic E-state index is 13.2. The quantitative estimate of drug-likeness (QED) is 0.494. The molecule has 0 bridgehead atoms. The van der Waals surface area contributed by atoms with Crippen molar-refractivity contribution in [2.75, 3.05) is 46.9 Å². The Balaban J connectivity index is 1.20. The van der Waals surface area contributed by atoms with Crippen LogP contribution in [0, 0.1) is 5.92 Å². The normalized spacial score (nSPS) is 19.3. The highest BCUT2D eigenvalue weighted by Crippen LogP contribution is 2.33. The molecule has 0 spiro atoms. The molecule has 1 atom stereocenters. The maximum Gasteiger partial charge on any atom is 0.227 e. The number of carbonyl (C=O) groups excluding carboxylic acids is 1. The van der Waals surface area contributed by atoms with Gasteiger partial charge in [0.25, 0.3) is 0 Å². The molecule has 3 aromatic rings. The third-order valence-corrected chi connectivity index (χ3v) is 7.53. The van der Waals surface area contributed by atoms with Gasteiger partial charge < -0.3 is 23.7 Å². The van der Waals surface area contributed by atoms with Crippen molar-refractivity contribution in [1.82, 2.24) is 9.80 Å². The van der Waals surface area contributed by atoms with Crippen LogP contribution in [0.25, 0.3) is 11.0 Å². The van der Waals surface area contributed by atoms with Crippen LogP contribution < -0.4 is 9.47 Å². The van der Waals surface area contributed by atoms with Crippen LogP contribution in [0.2, 0.25) is 0 Å². The number of hydrogen-bond donors (Lipinski definition) is 0. The molecule has 1 amide bonds. The Morgan fingerprint density at radius 2 is 1.80 bits per heavy atom. The molecular weight excluding hydrogens is 440 g/mol. The monoisotopic (exact) mass is 476 g/mol. The van der Waals surface area contributed by atoms with Crippen LogP contribution in [0.5, 0.6) is 11.5 Å². The van der Waals surface area contributed by atoms with E-state index in [0.717, 1.165) is 68.2 Å². The zero-order valence-electron chi connectivity index (χ0n) is 20.9. The summed E-state index contributed by atoms with van der Waals surface area (Å²) in [5.41, 5.74) is 3.21. The molecule has 0 saturated carbocycles. The predicted molar refractivity (Wildman–Crippen MR) is 137 cm³/mol. The Bertz CT molecular complexity index is 1140. The molecule has 186 valence electrons. The fourth-order valence-electron chi connectivity index (χ4n) is 5.62. The van der Waals surface area contributed by atoms with Crippen LogP contribution in [0.15, 0.2) is 46.9 Å². The van der Waals surface area contributed by atoms with Crippen LogP contribution >= 0.6 is 0 Å². The van der Waals surface area contributed by atoms with Crippen LogP contribution in [-0.4, -0.2) is 62.7 Å². The SMILES string of the molecule is COc1cc2c(cc1OC)CC(=O)N(CC1CCCCN(CCc3cc4ccccc4o3)C1)CC2. The van der Waals surface area contributed by atoms with Gasteiger partial charge in [0.2, 0.25) is 5.91 Å². The van der Waals surface area contributed by atoms with E-state index in [-0.39, 0.29) is 5.91 Å². The van der Waals surface area contributed by atoms with Gasteiger partial charge in [-0.3, -0.25) is 4.79 Å². The third-order valence-electron chi connectivity index (χ3n) is 7.53. The number of likely N-dealkylation sites (tertiary alicyclic amines) is 1. The van der Waals surface area contributed by atoms with E-state index in [1.165, 1.54) is 30.2 Å². The van der Waals surface area contributed by atoms with Gasteiger partial charge in [0.15, 0.2) is 11.5 Å². The molecule has 0 radical (unpaired) electrons. The summed E-state index contributed by atoms with van der Waals surface area (Å²) in [6.45, 7) is 4.75. The molecule has 1 unspecified atom stereocenters. The third kappa shape index (κ3) is 5.48. The highest BCUT2D eigenvalue weighted by atomic mass is 16.5. The molecule has 6 nitrogen and oxygen atoms in total. The van der Waals surface area contributed by atoms with Crippen molar-refractivity contribution in [3.63, 3.8) is 0 Å². The van der Waals surface area contributed by atoms with Crippen molar-refractivity contribution in [2.45, 2.75) is 38.5 Å². The first-order valence-electron chi connectivity index (χ1n) is 12.8. The van der Waals surface area contributed by atoms with Gasteiger partial charge in [-0.1, -0.05) is 24.6 Å². The highest BCUT2D eigenvalue weighted by molar-refractivity contribution is 5.80. The minimum Gasteiger partial charge on any atom is -0.493 e. The van der Waals surface area contributed by atoms with Gasteiger partial charge in [-0.05, 0) is 67.1 Å². The lowest BCUT2D eigenvalue weighted by molar-refractivity contribution is -0.130. The fourth-order valence-corrected chi connectivity index (χ4v) is 5.62. The summed E-state index contributed by atoms with van der Waals surface area (Å²) in [6, 6.07) is 14.4. The molecule has 1 fully saturated rings. The van der Waals surface area contributed by atoms with Gasteiger partial charge in [-0.15, -0.1) is 0 Å². The Kier molecular flexibility index (Phi) is 7.28. The molecule has 6 heteroatoms. The number of methoxy groups -OCH3 is 2. The number of ether oxygens (including phenoxy) is 2. The van der Waals surface area contributed by atoms with Crippen molar-refractivity contribution >= 4 is 16.9 Å². The molecule has 0 N–H and O–H groups in total. The van der Waals surface area contributed by atoms with Crippen molar-refractivity contribution in [1.29, 1.82) is 0 Å². The van der Waals surface area contributed by atoms with Crippen LogP contribution in [-0.2, 0) is 24.1 Å². The Morgan fingerprint density at radius 3 is 2.60 bits per heavy atom. The molecule has 35 heavy (non-hydrogen) atoms. The van der Waals surface area contributed by atoms with Gasteiger partial charge in [0.1, 0.15) is 11.3 Å². The minimum absolute atomic E-state index is 0.217. The average Bonchev–Trinajstić information content (AvgIpc) is 3.07. The lowest BCUT2D eigenvalue weighted by Gasteiger charge is -2.29. The van der Waals surface area contributed by atoms with Crippen molar-refractivity contribution in [3.05, 3.63) is 59.4 Å².